The van der Waals surface area contributed by atoms with Crippen molar-refractivity contribution >= 4 is 17.8 Å². The second kappa shape index (κ2) is 7.38. The normalized spacial score (nSPS) is 13.8. The molecule has 0 radical (unpaired) electrons. The Labute approximate surface area is 150 Å². The number of para-hydroxylation sites is 1. The van der Waals surface area contributed by atoms with Crippen molar-refractivity contribution in [1.82, 2.24) is 19.8 Å². The Balaban J connectivity index is 1.79. The van der Waals surface area contributed by atoms with E-state index in [1.54, 1.807) is 4.68 Å². The van der Waals surface area contributed by atoms with E-state index in [0.717, 1.165) is 5.69 Å². The molecule has 1 fully saturated rings. The summed E-state index contributed by atoms with van der Waals surface area (Å²) in [7, 11) is 0. The van der Waals surface area contributed by atoms with E-state index in [4.69, 9.17) is 4.74 Å². The van der Waals surface area contributed by atoms with Gasteiger partial charge in [-0.15, -0.1) is 0 Å². The third kappa shape index (κ3) is 3.44. The maximum atomic E-state index is 12.9. The molecule has 1 aromatic heterocycles. The highest BCUT2D eigenvalue weighted by Crippen LogP contribution is 2.19. The SMILES string of the molecule is CC(=O)OCC(=O)N1CCCN1C(=O)c1cnn(-c2ccccc2)c1C. The highest BCUT2D eigenvalue weighted by molar-refractivity contribution is 5.96. The van der Waals surface area contributed by atoms with Gasteiger partial charge in [0, 0.05) is 20.0 Å². The number of aromatic nitrogens is 2. The molecule has 136 valence electrons. The fourth-order valence-electron chi connectivity index (χ4n) is 2.91. The number of nitrogens with zero attached hydrogens (tertiary/aromatic N) is 4. The number of hydrogen-bond acceptors (Lipinski definition) is 5. The van der Waals surface area contributed by atoms with Crippen molar-refractivity contribution < 1.29 is 19.1 Å². The molecule has 3 rings (SSSR count). The molecule has 8 heteroatoms. The summed E-state index contributed by atoms with van der Waals surface area (Å²) in [6, 6.07) is 9.50. The summed E-state index contributed by atoms with van der Waals surface area (Å²) in [5.74, 6) is -1.24. The summed E-state index contributed by atoms with van der Waals surface area (Å²) >= 11 is 0. The zero-order valence-corrected chi connectivity index (χ0v) is 14.7. The molecule has 0 saturated carbocycles. The first kappa shape index (κ1) is 17.7. The Kier molecular flexibility index (Phi) is 5.01. The van der Waals surface area contributed by atoms with Gasteiger partial charge in [0.2, 0.25) is 0 Å². The van der Waals surface area contributed by atoms with Gasteiger partial charge in [-0.3, -0.25) is 14.4 Å². The minimum Gasteiger partial charge on any atom is -0.456 e. The predicted molar refractivity (Wildman–Crippen MR) is 92.3 cm³/mol. The second-order valence-electron chi connectivity index (χ2n) is 5.97. The van der Waals surface area contributed by atoms with Crippen LogP contribution in [-0.2, 0) is 14.3 Å². The second-order valence-corrected chi connectivity index (χ2v) is 5.97. The van der Waals surface area contributed by atoms with Crippen molar-refractivity contribution in [2.45, 2.75) is 20.3 Å². The lowest BCUT2D eigenvalue weighted by atomic mass is 10.2. The Morgan fingerprint density at radius 3 is 2.50 bits per heavy atom. The highest BCUT2D eigenvalue weighted by Gasteiger charge is 2.33. The van der Waals surface area contributed by atoms with Crippen LogP contribution in [0.5, 0.6) is 0 Å². The van der Waals surface area contributed by atoms with Gasteiger partial charge in [-0.05, 0) is 25.5 Å². The van der Waals surface area contributed by atoms with Gasteiger partial charge in [0.25, 0.3) is 11.8 Å². The lowest BCUT2D eigenvalue weighted by Crippen LogP contribution is -2.46. The van der Waals surface area contributed by atoms with Gasteiger partial charge >= 0.3 is 5.97 Å². The van der Waals surface area contributed by atoms with Crippen LogP contribution in [0.2, 0.25) is 0 Å². The summed E-state index contributed by atoms with van der Waals surface area (Å²) in [5, 5.41) is 7.04. The van der Waals surface area contributed by atoms with E-state index in [1.165, 1.54) is 23.1 Å². The minimum absolute atomic E-state index is 0.293. The van der Waals surface area contributed by atoms with E-state index in [0.29, 0.717) is 30.8 Å². The summed E-state index contributed by atoms with van der Waals surface area (Å²) in [6.07, 6.45) is 2.18. The average molecular weight is 356 g/mol. The van der Waals surface area contributed by atoms with Gasteiger partial charge in [0.15, 0.2) is 6.61 Å². The van der Waals surface area contributed by atoms with Crippen LogP contribution < -0.4 is 0 Å². The molecule has 1 aliphatic heterocycles. The number of ether oxygens (including phenoxy) is 1. The van der Waals surface area contributed by atoms with E-state index < -0.39 is 11.9 Å². The molecule has 0 bridgehead atoms. The van der Waals surface area contributed by atoms with E-state index in [1.807, 2.05) is 37.3 Å². The van der Waals surface area contributed by atoms with Crippen LogP contribution in [0.15, 0.2) is 36.5 Å². The molecule has 0 unspecified atom stereocenters. The van der Waals surface area contributed by atoms with Crippen LogP contribution in [0.3, 0.4) is 0 Å². The molecule has 0 atom stereocenters. The largest absolute Gasteiger partial charge is 0.456 e. The Bertz CT molecular complexity index is 831. The van der Waals surface area contributed by atoms with Crippen LogP contribution in [0.4, 0.5) is 0 Å². The van der Waals surface area contributed by atoms with Crippen LogP contribution in [0, 0.1) is 6.92 Å². The van der Waals surface area contributed by atoms with E-state index >= 15 is 0 Å². The van der Waals surface area contributed by atoms with E-state index in [-0.39, 0.29) is 12.5 Å². The molecule has 2 heterocycles. The van der Waals surface area contributed by atoms with Gasteiger partial charge in [0.05, 0.1) is 23.1 Å². The van der Waals surface area contributed by atoms with Gasteiger partial charge in [-0.1, -0.05) is 18.2 Å². The number of benzene rings is 1. The third-order valence-corrected chi connectivity index (χ3v) is 4.19. The molecule has 26 heavy (non-hydrogen) atoms. The number of hydrogen-bond donors (Lipinski definition) is 0. The highest BCUT2D eigenvalue weighted by atomic mass is 16.5. The van der Waals surface area contributed by atoms with E-state index in [9.17, 15) is 14.4 Å². The van der Waals surface area contributed by atoms with Crippen molar-refractivity contribution in [3.63, 3.8) is 0 Å². The van der Waals surface area contributed by atoms with Gasteiger partial charge < -0.3 is 4.74 Å². The fraction of sp³-hybridized carbons (Fsp3) is 0.333. The van der Waals surface area contributed by atoms with Crippen molar-refractivity contribution in [1.29, 1.82) is 0 Å². The lowest BCUT2D eigenvalue weighted by molar-refractivity contribution is -0.155. The Morgan fingerprint density at radius 2 is 1.81 bits per heavy atom. The number of esters is 1. The van der Waals surface area contributed by atoms with Gasteiger partial charge in [-0.2, -0.15) is 5.10 Å². The standard InChI is InChI=1S/C18H20N4O4/c1-13-16(11-19-22(13)15-7-4-3-5-8-15)18(25)21-10-6-9-20(21)17(24)12-26-14(2)23/h3-5,7-8,11H,6,9-10,12H2,1-2H3. The van der Waals surface area contributed by atoms with Crippen LogP contribution in [0.1, 0.15) is 29.4 Å². The topological polar surface area (TPSA) is 84.7 Å². The zero-order chi connectivity index (χ0) is 18.7. The Hall–Kier alpha value is -3.16. The minimum atomic E-state index is -0.532. The molecule has 0 N–H and O–H groups in total. The quantitative estimate of drug-likeness (QED) is 0.772. The molecule has 8 nitrogen and oxygen atoms in total. The number of hydrazine groups is 1. The molecule has 0 spiro atoms. The molecular formula is C18H20N4O4. The average Bonchev–Trinajstić information content (AvgIpc) is 3.27. The van der Waals surface area contributed by atoms with Gasteiger partial charge in [-0.25, -0.2) is 14.7 Å². The molecule has 1 saturated heterocycles. The predicted octanol–water partition coefficient (Wildman–Crippen LogP) is 1.33. The van der Waals surface area contributed by atoms with E-state index in [2.05, 4.69) is 5.10 Å². The molecule has 2 amide bonds. The summed E-state index contributed by atoms with van der Waals surface area (Å²) in [5.41, 5.74) is 1.98. The number of rotatable bonds is 4. The fourth-order valence-corrected chi connectivity index (χ4v) is 2.91. The zero-order valence-electron chi connectivity index (χ0n) is 14.7. The van der Waals surface area contributed by atoms with Crippen LogP contribution >= 0.6 is 0 Å². The first-order valence-corrected chi connectivity index (χ1v) is 8.34. The number of amides is 2. The lowest BCUT2D eigenvalue weighted by Gasteiger charge is -2.27. The van der Waals surface area contributed by atoms with Crippen molar-refractivity contribution in [3.8, 4) is 5.69 Å². The molecule has 1 aliphatic rings. The summed E-state index contributed by atoms with van der Waals surface area (Å²) < 4.78 is 6.44. The van der Waals surface area contributed by atoms with Crippen LogP contribution in [0.25, 0.3) is 5.69 Å². The maximum Gasteiger partial charge on any atom is 0.303 e. The first-order chi connectivity index (χ1) is 12.5. The first-order valence-electron chi connectivity index (χ1n) is 8.34. The molecular weight excluding hydrogens is 336 g/mol. The smallest absolute Gasteiger partial charge is 0.303 e. The van der Waals surface area contributed by atoms with Crippen molar-refractivity contribution in [2.75, 3.05) is 19.7 Å². The van der Waals surface area contributed by atoms with Crippen LogP contribution in [-0.4, -0.2) is 57.3 Å². The monoisotopic (exact) mass is 356 g/mol. The third-order valence-electron chi connectivity index (χ3n) is 4.19. The van der Waals surface area contributed by atoms with Gasteiger partial charge in [0.1, 0.15) is 0 Å². The van der Waals surface area contributed by atoms with Crippen molar-refractivity contribution in [3.05, 3.63) is 47.8 Å². The number of carbonyl (C=O) groups is 3. The summed E-state index contributed by atoms with van der Waals surface area (Å²) in [6.45, 7) is 3.52. The maximum absolute atomic E-state index is 12.9. The number of carbonyl (C=O) groups excluding carboxylic acids is 3. The molecule has 2 aromatic rings. The molecule has 0 aliphatic carbocycles. The summed E-state index contributed by atoms with van der Waals surface area (Å²) in [4.78, 5) is 36.1. The molecule has 1 aromatic carbocycles. The van der Waals surface area contributed by atoms with Crippen molar-refractivity contribution in [2.24, 2.45) is 0 Å². The Morgan fingerprint density at radius 1 is 1.12 bits per heavy atom.